The van der Waals surface area contributed by atoms with Gasteiger partial charge in [-0.25, -0.2) is 4.79 Å². The highest BCUT2D eigenvalue weighted by Crippen LogP contribution is 2.09. The van der Waals surface area contributed by atoms with Crippen LogP contribution >= 0.6 is 24.0 Å². The predicted molar refractivity (Wildman–Crippen MR) is 118 cm³/mol. The molecule has 0 saturated carbocycles. The van der Waals surface area contributed by atoms with Crippen molar-refractivity contribution in [3.8, 4) is 0 Å². The number of halogens is 1. The Morgan fingerprint density at radius 2 is 1.81 bits per heavy atom. The number of hydrogen-bond acceptors (Lipinski definition) is 3. The van der Waals surface area contributed by atoms with Gasteiger partial charge in [0, 0.05) is 39.0 Å². The van der Waals surface area contributed by atoms with E-state index in [1.165, 1.54) is 0 Å². The fourth-order valence-corrected chi connectivity index (χ4v) is 1.91. The molecule has 0 aliphatic rings. The van der Waals surface area contributed by atoms with Crippen LogP contribution in [0.3, 0.4) is 0 Å². The molecule has 1 aromatic rings. The van der Waals surface area contributed by atoms with Crippen LogP contribution in [0.2, 0.25) is 0 Å². The number of anilines is 1. The van der Waals surface area contributed by atoms with Gasteiger partial charge in [-0.2, -0.15) is 0 Å². The zero-order valence-electron chi connectivity index (χ0n) is 16.5. The minimum absolute atomic E-state index is 0. The molecule has 0 unspecified atom stereocenters. The van der Waals surface area contributed by atoms with E-state index in [1.807, 2.05) is 52.0 Å². The Balaban J connectivity index is 0.00000625. The molecule has 0 aliphatic carbocycles. The summed E-state index contributed by atoms with van der Waals surface area (Å²) in [4.78, 5) is 15.9. The van der Waals surface area contributed by atoms with Gasteiger partial charge in [-0.05, 0) is 45.4 Å². The first kappa shape index (κ1) is 24.5. The number of ether oxygens (including phenoxy) is 1. The third-order valence-electron chi connectivity index (χ3n) is 3.55. The lowest BCUT2D eigenvalue weighted by molar-refractivity contribution is 0.0268. The van der Waals surface area contributed by atoms with Crippen LogP contribution in [0.25, 0.3) is 0 Å². The first-order valence-electron chi connectivity index (χ1n) is 8.42. The number of nitrogens with one attached hydrogen (secondary N) is 4. The molecule has 2 amide bonds. The van der Waals surface area contributed by atoms with Crippen molar-refractivity contribution < 1.29 is 9.53 Å². The molecule has 0 heterocycles. The summed E-state index contributed by atoms with van der Waals surface area (Å²) in [6, 6.07) is 7.58. The molecule has 7 nitrogen and oxygen atoms in total. The molecule has 0 fully saturated rings. The van der Waals surface area contributed by atoms with Gasteiger partial charge in [0.1, 0.15) is 0 Å². The zero-order chi connectivity index (χ0) is 18.9. The Labute approximate surface area is 173 Å². The van der Waals surface area contributed by atoms with Crippen LogP contribution < -0.4 is 21.3 Å². The Morgan fingerprint density at radius 1 is 1.19 bits per heavy atom. The van der Waals surface area contributed by atoms with Gasteiger partial charge in [0.05, 0.1) is 5.60 Å². The number of methoxy groups -OCH3 is 1. The van der Waals surface area contributed by atoms with E-state index in [9.17, 15) is 4.79 Å². The molecule has 0 bridgehead atoms. The minimum atomic E-state index is -0.262. The monoisotopic (exact) mass is 477 g/mol. The molecule has 0 radical (unpaired) electrons. The molecule has 8 heteroatoms. The number of aliphatic imine (C=N–C) groups is 1. The van der Waals surface area contributed by atoms with E-state index in [-0.39, 0.29) is 41.7 Å². The first-order valence-corrected chi connectivity index (χ1v) is 8.42. The second kappa shape index (κ2) is 11.9. The van der Waals surface area contributed by atoms with Gasteiger partial charge < -0.3 is 26.0 Å². The molecule has 1 rings (SSSR count). The summed E-state index contributed by atoms with van der Waals surface area (Å²) in [5, 5.41) is 12.1. The van der Waals surface area contributed by atoms with Gasteiger partial charge in [-0.15, -0.1) is 24.0 Å². The number of benzene rings is 1. The van der Waals surface area contributed by atoms with E-state index in [1.54, 1.807) is 14.2 Å². The van der Waals surface area contributed by atoms with Gasteiger partial charge in [0.15, 0.2) is 5.96 Å². The summed E-state index contributed by atoms with van der Waals surface area (Å²) < 4.78 is 5.38. The number of carbonyl (C=O) groups is 1. The number of guanidine groups is 1. The second-order valence-electron chi connectivity index (χ2n) is 6.69. The van der Waals surface area contributed by atoms with Crippen LogP contribution in [0.1, 0.15) is 33.3 Å². The van der Waals surface area contributed by atoms with Crippen molar-refractivity contribution in [3.05, 3.63) is 29.8 Å². The average Bonchev–Trinajstić information content (AvgIpc) is 2.55. The van der Waals surface area contributed by atoms with Crippen LogP contribution in [-0.2, 0) is 11.3 Å². The highest BCUT2D eigenvalue weighted by molar-refractivity contribution is 14.0. The maximum Gasteiger partial charge on any atom is 0.319 e. The Morgan fingerprint density at radius 3 is 2.31 bits per heavy atom. The van der Waals surface area contributed by atoms with Crippen molar-refractivity contribution in [1.82, 2.24) is 16.0 Å². The highest BCUT2D eigenvalue weighted by atomic mass is 127. The van der Waals surface area contributed by atoms with Gasteiger partial charge >= 0.3 is 6.03 Å². The molecule has 26 heavy (non-hydrogen) atoms. The van der Waals surface area contributed by atoms with E-state index < -0.39 is 0 Å². The smallest absolute Gasteiger partial charge is 0.319 e. The topological polar surface area (TPSA) is 86.8 Å². The van der Waals surface area contributed by atoms with Crippen LogP contribution in [0, 0.1) is 0 Å². The molecule has 0 aliphatic heterocycles. The number of urea groups is 1. The average molecular weight is 477 g/mol. The molecule has 4 N–H and O–H groups in total. The summed E-state index contributed by atoms with van der Waals surface area (Å²) in [5.41, 5.74) is 1.58. The van der Waals surface area contributed by atoms with Gasteiger partial charge in [0.2, 0.25) is 0 Å². The van der Waals surface area contributed by atoms with E-state index in [4.69, 9.17) is 4.74 Å². The van der Waals surface area contributed by atoms with Crippen molar-refractivity contribution in [3.63, 3.8) is 0 Å². The lowest BCUT2D eigenvalue weighted by atomic mass is 10.1. The molecule has 148 valence electrons. The van der Waals surface area contributed by atoms with Crippen molar-refractivity contribution in [2.75, 3.05) is 26.0 Å². The number of hydrogen-bond donors (Lipinski definition) is 4. The van der Waals surface area contributed by atoms with Gasteiger partial charge in [0.25, 0.3) is 0 Å². The molecular weight excluding hydrogens is 445 g/mol. The molecular formula is C18H32IN5O2. The summed E-state index contributed by atoms with van der Waals surface area (Å²) in [5.74, 6) is 0.712. The largest absolute Gasteiger partial charge is 0.377 e. The summed E-state index contributed by atoms with van der Waals surface area (Å²) in [6.07, 6.45) is 0. The van der Waals surface area contributed by atoms with Crippen LogP contribution in [0.5, 0.6) is 0 Å². The first-order chi connectivity index (χ1) is 11.8. The molecule has 0 aromatic heterocycles. The molecule has 1 aromatic carbocycles. The predicted octanol–water partition coefficient (Wildman–Crippen LogP) is 2.92. The maximum absolute atomic E-state index is 11.7. The van der Waals surface area contributed by atoms with E-state index >= 15 is 0 Å². The fraction of sp³-hybridized carbons (Fsp3) is 0.556. The SMILES string of the molecule is CN=C(NCc1ccc(NC(=O)NC(C)C)cc1)NCC(C)(C)OC.I. The van der Waals surface area contributed by atoms with Crippen molar-refractivity contribution >= 4 is 41.7 Å². The minimum Gasteiger partial charge on any atom is -0.377 e. The van der Waals surface area contributed by atoms with Crippen molar-refractivity contribution in [1.29, 1.82) is 0 Å². The third kappa shape index (κ3) is 9.81. The molecule has 0 saturated heterocycles. The second-order valence-corrected chi connectivity index (χ2v) is 6.69. The van der Waals surface area contributed by atoms with Gasteiger partial charge in [-0.1, -0.05) is 12.1 Å². The van der Waals surface area contributed by atoms with Crippen LogP contribution in [-0.4, -0.2) is 44.3 Å². The van der Waals surface area contributed by atoms with Crippen LogP contribution in [0.15, 0.2) is 29.3 Å². The molecule has 0 spiro atoms. The summed E-state index contributed by atoms with van der Waals surface area (Å²) in [7, 11) is 3.42. The highest BCUT2D eigenvalue weighted by Gasteiger charge is 2.16. The number of carbonyl (C=O) groups excluding carboxylic acids is 1. The van der Waals surface area contributed by atoms with Crippen molar-refractivity contribution in [2.45, 2.75) is 45.9 Å². The fourth-order valence-electron chi connectivity index (χ4n) is 1.91. The lowest BCUT2D eigenvalue weighted by Gasteiger charge is -2.24. The van der Waals surface area contributed by atoms with E-state index in [0.717, 1.165) is 11.3 Å². The number of nitrogens with zero attached hydrogens (tertiary/aromatic N) is 1. The number of rotatable bonds is 7. The number of amides is 2. The van der Waals surface area contributed by atoms with E-state index in [0.29, 0.717) is 19.0 Å². The van der Waals surface area contributed by atoms with Gasteiger partial charge in [-0.3, -0.25) is 4.99 Å². The Bertz CT molecular complexity index is 573. The standard InChI is InChI=1S/C18H31N5O2.HI/c1-13(2)22-17(24)23-15-9-7-14(8-10-15)11-20-16(19-5)21-12-18(3,4)25-6;/h7-10,13H,11-12H2,1-6H3,(H2,19,20,21)(H2,22,23,24);1H. The quantitative estimate of drug-likeness (QED) is 0.277. The summed E-state index contributed by atoms with van der Waals surface area (Å²) >= 11 is 0. The van der Waals surface area contributed by atoms with Crippen molar-refractivity contribution in [2.24, 2.45) is 4.99 Å². The molecule has 0 atom stereocenters. The normalized spacial score (nSPS) is 11.6. The maximum atomic E-state index is 11.7. The Hall–Kier alpha value is -1.55. The lowest BCUT2D eigenvalue weighted by Crippen LogP contribution is -2.45. The summed E-state index contributed by atoms with van der Waals surface area (Å²) in [6.45, 7) is 9.14. The third-order valence-corrected chi connectivity index (χ3v) is 3.55. The Kier molecular flexibility index (Phi) is 11.2. The van der Waals surface area contributed by atoms with E-state index in [2.05, 4.69) is 26.3 Å². The zero-order valence-corrected chi connectivity index (χ0v) is 18.8. The van der Waals surface area contributed by atoms with Crippen LogP contribution in [0.4, 0.5) is 10.5 Å².